The maximum atomic E-state index is 11.5. The van der Waals surface area contributed by atoms with Crippen LogP contribution in [0.4, 0.5) is 0 Å². The molecule has 4 rings (SSSR count). The number of rotatable bonds is 6. The largest absolute Gasteiger partial charge is 0.507 e. The quantitative estimate of drug-likeness (QED) is 0.391. The SMILES string of the molecule is CC(C)(c1ccccc1)c1cc(C=NC2CCCCC2)c(O)c(C(C)(C)c2ccccc2)c1. The zero-order valence-electron chi connectivity index (χ0n) is 20.5. The number of hydrogen-bond donors (Lipinski definition) is 1. The van der Waals surface area contributed by atoms with Crippen molar-refractivity contribution in [1.82, 2.24) is 0 Å². The molecule has 1 aliphatic carbocycles. The first-order valence-electron chi connectivity index (χ1n) is 12.3. The van der Waals surface area contributed by atoms with Crippen LogP contribution in [0.3, 0.4) is 0 Å². The fourth-order valence-electron chi connectivity index (χ4n) is 5.04. The molecular weight excluding hydrogens is 402 g/mol. The summed E-state index contributed by atoms with van der Waals surface area (Å²) in [6.45, 7) is 8.91. The molecule has 0 aromatic heterocycles. The van der Waals surface area contributed by atoms with E-state index in [1.54, 1.807) is 0 Å². The van der Waals surface area contributed by atoms with E-state index in [1.165, 1.54) is 36.0 Å². The Labute approximate surface area is 199 Å². The van der Waals surface area contributed by atoms with Gasteiger partial charge in [-0.05, 0) is 35.6 Å². The Morgan fingerprint density at radius 3 is 1.85 bits per heavy atom. The Morgan fingerprint density at radius 1 is 0.727 bits per heavy atom. The lowest BCUT2D eigenvalue weighted by atomic mass is 9.72. The van der Waals surface area contributed by atoms with E-state index >= 15 is 0 Å². The molecule has 3 aromatic carbocycles. The number of phenols is 1. The molecule has 3 aromatic rings. The molecule has 0 spiro atoms. The van der Waals surface area contributed by atoms with E-state index in [-0.39, 0.29) is 10.8 Å². The fraction of sp³-hybridized carbons (Fsp3) is 0.387. The molecule has 0 heterocycles. The average Bonchev–Trinajstić information content (AvgIpc) is 2.85. The molecule has 1 N–H and O–H groups in total. The Kier molecular flexibility index (Phi) is 6.74. The van der Waals surface area contributed by atoms with E-state index in [1.807, 2.05) is 12.3 Å². The number of hydrogen-bond acceptors (Lipinski definition) is 2. The summed E-state index contributed by atoms with van der Waals surface area (Å²) in [6.07, 6.45) is 8.04. The van der Waals surface area contributed by atoms with E-state index in [2.05, 4.69) is 94.4 Å². The predicted octanol–water partition coefficient (Wildman–Crippen LogP) is 7.80. The van der Waals surface area contributed by atoms with Crippen LogP contribution in [-0.4, -0.2) is 17.4 Å². The van der Waals surface area contributed by atoms with Crippen molar-refractivity contribution in [2.45, 2.75) is 76.7 Å². The lowest BCUT2D eigenvalue weighted by molar-refractivity contribution is 0.442. The van der Waals surface area contributed by atoms with Crippen molar-refractivity contribution in [2.24, 2.45) is 4.99 Å². The van der Waals surface area contributed by atoms with E-state index < -0.39 is 0 Å². The minimum Gasteiger partial charge on any atom is -0.507 e. The smallest absolute Gasteiger partial charge is 0.128 e. The predicted molar refractivity (Wildman–Crippen MR) is 140 cm³/mol. The maximum Gasteiger partial charge on any atom is 0.128 e. The fourth-order valence-corrected chi connectivity index (χ4v) is 5.04. The highest BCUT2D eigenvalue weighted by atomic mass is 16.3. The van der Waals surface area contributed by atoms with Crippen LogP contribution in [-0.2, 0) is 10.8 Å². The minimum absolute atomic E-state index is 0.204. The molecule has 0 radical (unpaired) electrons. The van der Waals surface area contributed by atoms with Crippen LogP contribution in [0.5, 0.6) is 5.75 Å². The van der Waals surface area contributed by atoms with Gasteiger partial charge in [-0.2, -0.15) is 0 Å². The highest BCUT2D eigenvalue weighted by Gasteiger charge is 2.31. The Bertz CT molecular complexity index is 1090. The number of benzene rings is 3. The van der Waals surface area contributed by atoms with Crippen LogP contribution in [0.1, 0.15) is 87.6 Å². The third-order valence-corrected chi connectivity index (χ3v) is 7.52. The van der Waals surface area contributed by atoms with E-state index in [9.17, 15) is 5.11 Å². The Hall–Kier alpha value is -2.87. The van der Waals surface area contributed by atoms with E-state index in [4.69, 9.17) is 4.99 Å². The summed E-state index contributed by atoms with van der Waals surface area (Å²) in [7, 11) is 0. The number of phenolic OH excluding ortho intramolecular Hbond substituents is 1. The third-order valence-electron chi connectivity index (χ3n) is 7.52. The van der Waals surface area contributed by atoms with Gasteiger partial charge >= 0.3 is 0 Å². The van der Waals surface area contributed by atoms with Gasteiger partial charge in [0.2, 0.25) is 0 Å². The van der Waals surface area contributed by atoms with Gasteiger partial charge in [0.15, 0.2) is 0 Å². The van der Waals surface area contributed by atoms with Gasteiger partial charge in [0.05, 0.1) is 0 Å². The molecular formula is C31H37NO. The summed E-state index contributed by atoms with van der Waals surface area (Å²) >= 11 is 0. The zero-order valence-corrected chi connectivity index (χ0v) is 20.5. The summed E-state index contributed by atoms with van der Waals surface area (Å²) in [4.78, 5) is 4.92. The normalized spacial score (nSPS) is 15.8. The topological polar surface area (TPSA) is 32.6 Å². The summed E-state index contributed by atoms with van der Waals surface area (Å²) in [5, 5.41) is 11.5. The molecule has 172 valence electrons. The van der Waals surface area contributed by atoms with E-state index in [0.29, 0.717) is 11.8 Å². The van der Waals surface area contributed by atoms with Gasteiger partial charge in [-0.15, -0.1) is 0 Å². The van der Waals surface area contributed by atoms with Gasteiger partial charge < -0.3 is 5.11 Å². The van der Waals surface area contributed by atoms with Crippen LogP contribution in [0.2, 0.25) is 0 Å². The molecule has 2 heteroatoms. The zero-order chi connectivity index (χ0) is 23.5. The van der Waals surface area contributed by atoms with Gasteiger partial charge in [0.25, 0.3) is 0 Å². The Balaban J connectivity index is 1.85. The number of aliphatic imine (C=N–C) groups is 1. The Morgan fingerprint density at radius 2 is 1.27 bits per heavy atom. The van der Waals surface area contributed by atoms with Gasteiger partial charge in [0, 0.05) is 34.2 Å². The monoisotopic (exact) mass is 439 g/mol. The molecule has 0 bridgehead atoms. The van der Waals surface area contributed by atoms with Gasteiger partial charge in [-0.25, -0.2) is 0 Å². The summed E-state index contributed by atoms with van der Waals surface area (Å²) in [6, 6.07) is 25.8. The summed E-state index contributed by atoms with van der Waals surface area (Å²) < 4.78 is 0. The lowest BCUT2D eigenvalue weighted by Gasteiger charge is -2.32. The molecule has 33 heavy (non-hydrogen) atoms. The first kappa shape index (κ1) is 23.3. The molecule has 1 aliphatic rings. The van der Waals surface area contributed by atoms with Crippen LogP contribution in [0.25, 0.3) is 0 Å². The summed E-state index contributed by atoms with van der Waals surface area (Å²) in [5.41, 5.74) is 4.85. The van der Waals surface area contributed by atoms with Crippen molar-refractivity contribution >= 4 is 6.21 Å². The molecule has 1 saturated carbocycles. The molecule has 0 unspecified atom stereocenters. The van der Waals surface area contributed by atoms with Crippen LogP contribution in [0, 0.1) is 0 Å². The molecule has 2 nitrogen and oxygen atoms in total. The van der Waals surface area contributed by atoms with Crippen molar-refractivity contribution in [1.29, 1.82) is 0 Å². The lowest BCUT2D eigenvalue weighted by Crippen LogP contribution is -2.24. The molecule has 0 atom stereocenters. The average molecular weight is 440 g/mol. The second kappa shape index (κ2) is 9.55. The second-order valence-electron chi connectivity index (χ2n) is 10.5. The second-order valence-corrected chi connectivity index (χ2v) is 10.5. The van der Waals surface area contributed by atoms with Crippen LogP contribution < -0.4 is 0 Å². The highest BCUT2D eigenvalue weighted by Crippen LogP contribution is 2.42. The van der Waals surface area contributed by atoms with Gasteiger partial charge in [0.1, 0.15) is 5.75 Å². The molecule has 0 amide bonds. The standard InChI is InChI=1S/C31H37NO/c1-30(2,24-14-8-5-9-15-24)26-20-23(22-32-27-18-12-7-13-19-27)29(33)28(21-26)31(3,4)25-16-10-6-11-17-25/h5-6,8-11,14-17,20-22,27,33H,7,12-13,18-19H2,1-4H3. The van der Waals surface area contributed by atoms with Crippen LogP contribution >= 0.6 is 0 Å². The van der Waals surface area contributed by atoms with Gasteiger partial charge in [-0.3, -0.25) is 4.99 Å². The molecule has 0 aliphatic heterocycles. The van der Waals surface area contributed by atoms with Crippen molar-refractivity contribution in [3.05, 3.63) is 101 Å². The number of nitrogens with zero attached hydrogens (tertiary/aromatic N) is 1. The molecule has 1 fully saturated rings. The number of aromatic hydroxyl groups is 1. The van der Waals surface area contributed by atoms with Crippen molar-refractivity contribution in [3.63, 3.8) is 0 Å². The summed E-state index contributed by atoms with van der Waals surface area (Å²) in [5.74, 6) is 0.344. The first-order valence-corrected chi connectivity index (χ1v) is 12.3. The van der Waals surface area contributed by atoms with Gasteiger partial charge in [-0.1, -0.05) is 114 Å². The van der Waals surface area contributed by atoms with E-state index in [0.717, 1.165) is 24.0 Å². The van der Waals surface area contributed by atoms with Crippen LogP contribution in [0.15, 0.2) is 77.8 Å². The van der Waals surface area contributed by atoms with Crippen molar-refractivity contribution in [3.8, 4) is 5.75 Å². The third kappa shape index (κ3) is 4.90. The molecule has 0 saturated heterocycles. The van der Waals surface area contributed by atoms with Crippen molar-refractivity contribution < 1.29 is 5.11 Å². The highest BCUT2D eigenvalue weighted by molar-refractivity contribution is 5.85. The minimum atomic E-state index is -0.346. The maximum absolute atomic E-state index is 11.5. The van der Waals surface area contributed by atoms with Crippen molar-refractivity contribution in [2.75, 3.05) is 0 Å². The first-order chi connectivity index (χ1) is 15.8.